The number of aryl methyl sites for hydroxylation is 1. The van der Waals surface area contributed by atoms with Crippen LogP contribution in [0.3, 0.4) is 0 Å². The predicted molar refractivity (Wildman–Crippen MR) is 61.1 cm³/mol. The van der Waals surface area contributed by atoms with Crippen LogP contribution in [-0.4, -0.2) is 33.9 Å². The van der Waals surface area contributed by atoms with Crippen LogP contribution in [0.1, 0.15) is 19.5 Å². The fraction of sp³-hybridized carbons (Fsp3) is 0.545. The van der Waals surface area contributed by atoms with Crippen LogP contribution in [0.2, 0.25) is 0 Å². The van der Waals surface area contributed by atoms with Gasteiger partial charge in [0.1, 0.15) is 11.5 Å². The molecular formula is C11H18N4. The van der Waals surface area contributed by atoms with Crippen molar-refractivity contribution in [1.29, 1.82) is 0 Å². The molecule has 4 nitrogen and oxygen atoms in total. The minimum atomic E-state index is 0.0989. The first-order valence-electron chi connectivity index (χ1n) is 5.24. The maximum absolute atomic E-state index is 4.42. The summed E-state index contributed by atoms with van der Waals surface area (Å²) >= 11 is 0. The van der Waals surface area contributed by atoms with Crippen LogP contribution >= 0.6 is 0 Å². The molecule has 0 radical (unpaired) electrons. The van der Waals surface area contributed by atoms with Gasteiger partial charge in [0.25, 0.3) is 0 Å². The monoisotopic (exact) mass is 206 g/mol. The van der Waals surface area contributed by atoms with Gasteiger partial charge in [0.05, 0.1) is 5.69 Å². The molecule has 1 aromatic heterocycles. The minimum absolute atomic E-state index is 0.0989. The van der Waals surface area contributed by atoms with Crippen LogP contribution in [0.5, 0.6) is 0 Å². The Kier molecular flexibility index (Phi) is 2.31. The van der Waals surface area contributed by atoms with Crippen LogP contribution in [0.15, 0.2) is 18.3 Å². The largest absolute Gasteiger partial charge is 0.341 e. The number of likely N-dealkylation sites (N-methyl/N-ethyl adjacent to an activating group) is 1. The number of allylic oxidation sites excluding steroid dienone is 1. The van der Waals surface area contributed by atoms with Gasteiger partial charge in [-0.25, -0.2) is 4.68 Å². The van der Waals surface area contributed by atoms with Crippen molar-refractivity contribution < 1.29 is 0 Å². The van der Waals surface area contributed by atoms with E-state index in [1.165, 1.54) is 0 Å². The molecule has 0 aromatic carbocycles. The van der Waals surface area contributed by atoms with E-state index in [0.29, 0.717) is 0 Å². The van der Waals surface area contributed by atoms with Crippen molar-refractivity contribution in [3.05, 3.63) is 24.0 Å². The summed E-state index contributed by atoms with van der Waals surface area (Å²) in [5.74, 6) is 1.11. The summed E-state index contributed by atoms with van der Waals surface area (Å²) in [5.41, 5.74) is 1.14. The number of nitrogens with one attached hydrogen (secondary N) is 1. The van der Waals surface area contributed by atoms with Gasteiger partial charge >= 0.3 is 0 Å². The first-order chi connectivity index (χ1) is 7.07. The first kappa shape index (κ1) is 10.2. The van der Waals surface area contributed by atoms with E-state index in [4.69, 9.17) is 0 Å². The highest BCUT2D eigenvalue weighted by molar-refractivity contribution is 5.43. The smallest absolute Gasteiger partial charge is 0.126 e. The van der Waals surface area contributed by atoms with Gasteiger partial charge in [-0.3, -0.25) is 5.32 Å². The molecular weight excluding hydrogens is 188 g/mol. The zero-order valence-corrected chi connectivity index (χ0v) is 9.78. The van der Waals surface area contributed by atoms with E-state index in [1.807, 2.05) is 30.8 Å². The lowest BCUT2D eigenvalue weighted by Gasteiger charge is -2.27. The highest BCUT2D eigenvalue weighted by atomic mass is 15.5. The molecule has 82 valence electrons. The number of rotatable bonds is 3. The van der Waals surface area contributed by atoms with Crippen LogP contribution < -0.4 is 5.32 Å². The number of hydrogen-bond donors (Lipinski definition) is 1. The second-order valence-electron chi connectivity index (χ2n) is 4.23. The molecule has 0 saturated carbocycles. The Balaban J connectivity index is 2.25. The molecule has 1 unspecified atom stereocenters. The van der Waals surface area contributed by atoms with Gasteiger partial charge in [-0.15, -0.1) is 0 Å². The summed E-state index contributed by atoms with van der Waals surface area (Å²) in [6, 6.07) is 2.01. The number of nitrogens with zero attached hydrogens (tertiary/aromatic N) is 3. The van der Waals surface area contributed by atoms with E-state index < -0.39 is 0 Å². The Morgan fingerprint density at radius 3 is 2.80 bits per heavy atom. The highest BCUT2D eigenvalue weighted by Crippen LogP contribution is 2.26. The van der Waals surface area contributed by atoms with E-state index in [2.05, 4.69) is 35.4 Å². The van der Waals surface area contributed by atoms with Crippen LogP contribution in [0.4, 0.5) is 0 Å². The van der Waals surface area contributed by atoms with Crippen molar-refractivity contribution in [2.75, 3.05) is 13.6 Å². The summed E-state index contributed by atoms with van der Waals surface area (Å²) < 4.78 is 1.92. The highest BCUT2D eigenvalue weighted by Gasteiger charge is 2.42. The molecule has 1 aliphatic rings. The lowest BCUT2D eigenvalue weighted by atomic mass is 10.3. The quantitative estimate of drug-likeness (QED) is 0.757. The molecule has 2 heterocycles. The van der Waals surface area contributed by atoms with E-state index in [-0.39, 0.29) is 5.66 Å². The summed E-state index contributed by atoms with van der Waals surface area (Å²) in [7, 11) is 2.09. The molecule has 1 saturated heterocycles. The predicted octanol–water partition coefficient (Wildman–Crippen LogP) is 1.26. The summed E-state index contributed by atoms with van der Waals surface area (Å²) in [5, 5.41) is 7.77. The van der Waals surface area contributed by atoms with Crippen LogP contribution in [-0.2, 0) is 0 Å². The SMILES string of the molecule is C/C=C(\N(C)C1(C)CN1)n1ccc(C)n1. The average Bonchev–Trinajstić information content (AvgIpc) is 2.81. The molecule has 1 aromatic rings. The van der Waals surface area contributed by atoms with Gasteiger partial charge in [-0.1, -0.05) is 0 Å². The minimum Gasteiger partial charge on any atom is -0.341 e. The molecule has 0 aliphatic carbocycles. The molecule has 15 heavy (non-hydrogen) atoms. The van der Waals surface area contributed by atoms with E-state index in [9.17, 15) is 0 Å². The molecule has 0 spiro atoms. The zero-order valence-electron chi connectivity index (χ0n) is 9.78. The Morgan fingerprint density at radius 1 is 1.73 bits per heavy atom. The molecule has 2 rings (SSSR count). The van der Waals surface area contributed by atoms with E-state index in [0.717, 1.165) is 18.1 Å². The van der Waals surface area contributed by atoms with Gasteiger partial charge in [0.15, 0.2) is 0 Å². The van der Waals surface area contributed by atoms with Crippen molar-refractivity contribution in [1.82, 2.24) is 20.0 Å². The molecule has 1 N–H and O–H groups in total. The molecule has 1 atom stereocenters. The van der Waals surface area contributed by atoms with Gasteiger partial charge in [-0.2, -0.15) is 5.10 Å². The van der Waals surface area contributed by atoms with Crippen LogP contribution in [0, 0.1) is 6.92 Å². The van der Waals surface area contributed by atoms with Crippen molar-refractivity contribution in [3.8, 4) is 0 Å². The number of hydrogen-bond acceptors (Lipinski definition) is 3. The third kappa shape index (κ3) is 1.77. The molecule has 4 heteroatoms. The normalized spacial score (nSPS) is 25.5. The number of aromatic nitrogens is 2. The standard InChI is InChI=1S/C11H18N4/c1-5-10(14(4)11(3)8-12-11)15-7-6-9(2)13-15/h5-7,12H,8H2,1-4H3/b10-5+. The van der Waals surface area contributed by atoms with Crippen LogP contribution in [0.25, 0.3) is 5.82 Å². The first-order valence-corrected chi connectivity index (χ1v) is 5.24. The fourth-order valence-electron chi connectivity index (χ4n) is 1.64. The van der Waals surface area contributed by atoms with Crippen molar-refractivity contribution in [3.63, 3.8) is 0 Å². The zero-order chi connectivity index (χ0) is 11.1. The molecule has 0 amide bonds. The topological polar surface area (TPSA) is 43.0 Å². The van der Waals surface area contributed by atoms with Crippen molar-refractivity contribution >= 4 is 5.82 Å². The second kappa shape index (κ2) is 3.38. The Labute approximate surface area is 90.6 Å². The Morgan fingerprint density at radius 2 is 2.40 bits per heavy atom. The van der Waals surface area contributed by atoms with E-state index >= 15 is 0 Å². The van der Waals surface area contributed by atoms with E-state index in [1.54, 1.807) is 0 Å². The summed E-state index contributed by atoms with van der Waals surface area (Å²) in [6.07, 6.45) is 4.07. The van der Waals surface area contributed by atoms with Gasteiger partial charge in [-0.05, 0) is 32.9 Å². The maximum Gasteiger partial charge on any atom is 0.126 e. The van der Waals surface area contributed by atoms with Gasteiger partial charge in [0.2, 0.25) is 0 Å². The lowest BCUT2D eigenvalue weighted by molar-refractivity contribution is 0.324. The third-order valence-corrected chi connectivity index (χ3v) is 2.99. The summed E-state index contributed by atoms with van der Waals surface area (Å²) in [4.78, 5) is 2.22. The fourth-order valence-corrected chi connectivity index (χ4v) is 1.64. The Hall–Kier alpha value is -1.29. The molecule has 0 bridgehead atoms. The second-order valence-corrected chi connectivity index (χ2v) is 4.23. The van der Waals surface area contributed by atoms with Gasteiger partial charge < -0.3 is 4.90 Å². The molecule has 1 aliphatic heterocycles. The third-order valence-electron chi connectivity index (χ3n) is 2.99. The maximum atomic E-state index is 4.42. The summed E-state index contributed by atoms with van der Waals surface area (Å²) in [6.45, 7) is 7.25. The molecule has 1 fully saturated rings. The lowest BCUT2D eigenvalue weighted by Crippen LogP contribution is -2.35. The van der Waals surface area contributed by atoms with Crippen molar-refractivity contribution in [2.24, 2.45) is 0 Å². The average molecular weight is 206 g/mol. The van der Waals surface area contributed by atoms with Gasteiger partial charge in [0, 0.05) is 19.8 Å². The Bertz CT molecular complexity index is 387. The van der Waals surface area contributed by atoms with Crippen molar-refractivity contribution in [2.45, 2.75) is 26.4 Å².